The van der Waals surface area contributed by atoms with Crippen molar-refractivity contribution >= 4 is 34.8 Å². The third kappa shape index (κ3) is 5.43. The Morgan fingerprint density at radius 1 is 0.625 bits per heavy atom. The van der Waals surface area contributed by atoms with E-state index in [-0.39, 0.29) is 47.5 Å². The number of hydrogen-bond acceptors (Lipinski definition) is 6. The first-order valence-corrected chi connectivity index (χ1v) is 14.2. The molecule has 4 unspecified atom stereocenters. The second-order valence-electron chi connectivity index (χ2n) is 10.8. The van der Waals surface area contributed by atoms with Crippen LogP contribution < -0.4 is 21.3 Å². The molecule has 2 aromatic carbocycles. The van der Waals surface area contributed by atoms with Crippen LogP contribution in [0.5, 0.6) is 0 Å². The molecule has 3 aliphatic rings. The van der Waals surface area contributed by atoms with Gasteiger partial charge in [0.05, 0.1) is 11.1 Å². The monoisotopic (exact) mass is 540 g/mol. The van der Waals surface area contributed by atoms with Gasteiger partial charge in [0.2, 0.25) is 11.8 Å². The van der Waals surface area contributed by atoms with Crippen LogP contribution in [0, 0.1) is 0 Å². The van der Waals surface area contributed by atoms with E-state index in [4.69, 9.17) is 0 Å². The van der Waals surface area contributed by atoms with Crippen molar-refractivity contribution in [2.45, 2.75) is 75.5 Å². The molecule has 4 atom stereocenters. The van der Waals surface area contributed by atoms with E-state index in [0.29, 0.717) is 33.6 Å². The Labute approximate surface area is 234 Å². The topological polar surface area (TPSA) is 116 Å². The van der Waals surface area contributed by atoms with E-state index in [1.165, 1.54) is 12.2 Å². The highest BCUT2D eigenvalue weighted by Crippen LogP contribution is 2.38. The average Bonchev–Trinajstić information content (AvgIpc) is 2.98. The average molecular weight is 541 g/mol. The van der Waals surface area contributed by atoms with Crippen LogP contribution in [-0.2, 0) is 9.59 Å². The number of nitrogens with one attached hydrogen (secondary N) is 4. The quantitative estimate of drug-likeness (QED) is 0.313. The maximum Gasteiger partial charge on any atom is 0.243 e. The Bertz CT molecular complexity index is 1260. The zero-order chi connectivity index (χ0) is 28.2. The van der Waals surface area contributed by atoms with Crippen LogP contribution in [-0.4, -0.2) is 47.5 Å². The van der Waals surface area contributed by atoms with E-state index in [1.54, 1.807) is 24.3 Å². The molecule has 208 valence electrons. The molecule has 0 spiro atoms. The highest BCUT2D eigenvalue weighted by molar-refractivity contribution is 6.32. The Hall–Kier alpha value is -4.20. The number of ketones is 2. The summed E-state index contributed by atoms with van der Waals surface area (Å²) in [6.07, 6.45) is 9.79. The summed E-state index contributed by atoms with van der Waals surface area (Å²) in [7, 11) is 0. The summed E-state index contributed by atoms with van der Waals surface area (Å²) < 4.78 is 0. The highest BCUT2D eigenvalue weighted by Gasteiger charge is 2.36. The summed E-state index contributed by atoms with van der Waals surface area (Å²) in [6, 6.07) is 10.2. The van der Waals surface area contributed by atoms with E-state index in [1.807, 2.05) is 12.1 Å². The van der Waals surface area contributed by atoms with Crippen molar-refractivity contribution in [1.29, 1.82) is 0 Å². The van der Waals surface area contributed by atoms with Crippen LogP contribution in [0.15, 0.2) is 61.7 Å². The van der Waals surface area contributed by atoms with Crippen LogP contribution in [0.4, 0.5) is 11.4 Å². The van der Waals surface area contributed by atoms with Crippen molar-refractivity contribution in [3.63, 3.8) is 0 Å². The van der Waals surface area contributed by atoms with Crippen molar-refractivity contribution in [1.82, 2.24) is 10.6 Å². The number of hydrogen-bond donors (Lipinski definition) is 4. The zero-order valence-electron chi connectivity index (χ0n) is 22.6. The summed E-state index contributed by atoms with van der Waals surface area (Å²) in [5, 5.41) is 13.1. The molecule has 0 saturated heterocycles. The first kappa shape index (κ1) is 27.4. The molecule has 2 fully saturated rings. The Morgan fingerprint density at radius 2 is 1.00 bits per heavy atom. The van der Waals surface area contributed by atoms with Gasteiger partial charge in [-0.1, -0.05) is 63.1 Å². The fourth-order valence-corrected chi connectivity index (χ4v) is 6.30. The van der Waals surface area contributed by atoms with Crippen LogP contribution in [0.3, 0.4) is 0 Å². The number of carbonyl (C=O) groups is 4. The van der Waals surface area contributed by atoms with Gasteiger partial charge in [0.25, 0.3) is 0 Å². The molecule has 0 aromatic heterocycles. The normalized spacial score (nSPS) is 23.7. The second-order valence-corrected chi connectivity index (χ2v) is 10.8. The first-order valence-electron chi connectivity index (χ1n) is 14.2. The number of benzene rings is 2. The van der Waals surface area contributed by atoms with Gasteiger partial charge in [-0.15, -0.1) is 0 Å². The third-order valence-corrected chi connectivity index (χ3v) is 8.32. The van der Waals surface area contributed by atoms with E-state index in [2.05, 4.69) is 34.4 Å². The minimum Gasteiger partial charge on any atom is -0.380 e. The van der Waals surface area contributed by atoms with Crippen molar-refractivity contribution in [2.75, 3.05) is 10.6 Å². The largest absolute Gasteiger partial charge is 0.380 e. The van der Waals surface area contributed by atoms with Crippen LogP contribution in [0.1, 0.15) is 83.2 Å². The smallest absolute Gasteiger partial charge is 0.243 e. The molecule has 8 nitrogen and oxygen atoms in total. The molecule has 2 amide bonds. The van der Waals surface area contributed by atoms with E-state index in [0.717, 1.165) is 51.4 Å². The maximum atomic E-state index is 13.9. The molecular formula is C32H36N4O4. The van der Waals surface area contributed by atoms with Crippen molar-refractivity contribution in [3.8, 4) is 0 Å². The minimum absolute atomic E-state index is 0.0996. The predicted octanol–water partition coefficient (Wildman–Crippen LogP) is 4.51. The molecule has 40 heavy (non-hydrogen) atoms. The maximum absolute atomic E-state index is 13.9. The van der Waals surface area contributed by atoms with Gasteiger partial charge < -0.3 is 21.3 Å². The summed E-state index contributed by atoms with van der Waals surface area (Å²) in [5.74, 6) is -0.880. The Kier molecular flexibility index (Phi) is 8.14. The molecule has 2 saturated carbocycles. The summed E-state index contributed by atoms with van der Waals surface area (Å²) in [6.45, 7) is 7.13. The van der Waals surface area contributed by atoms with E-state index >= 15 is 0 Å². The number of rotatable bonds is 8. The van der Waals surface area contributed by atoms with Crippen LogP contribution in [0.25, 0.3) is 0 Å². The standard InChI is InChI=1S/C32H36N4O4/c1-3-27(37)35-23-15-9-7-13-21(23)33-25-17-18-26(34-22-14-8-10-16-24(22)36-28(38)4-2)30-29(25)31(39)19-11-5-6-12-20(19)32(30)40/h3-6,11-12,17-18,21-24,33-34H,1-2,7-10,13-16H2,(H,35,37)(H,36,38). The zero-order valence-corrected chi connectivity index (χ0v) is 22.6. The lowest BCUT2D eigenvalue weighted by atomic mass is 9.81. The Balaban J connectivity index is 1.53. The molecule has 4 N–H and O–H groups in total. The lowest BCUT2D eigenvalue weighted by Crippen LogP contribution is -2.48. The number of amides is 2. The molecule has 3 aliphatic carbocycles. The van der Waals surface area contributed by atoms with Gasteiger partial charge in [0.1, 0.15) is 0 Å². The van der Waals surface area contributed by atoms with Gasteiger partial charge >= 0.3 is 0 Å². The molecule has 5 rings (SSSR count). The summed E-state index contributed by atoms with van der Waals surface area (Å²) >= 11 is 0. The number of carbonyl (C=O) groups excluding carboxylic acids is 4. The Morgan fingerprint density at radius 3 is 1.38 bits per heavy atom. The van der Waals surface area contributed by atoms with E-state index < -0.39 is 0 Å². The molecule has 8 heteroatoms. The lowest BCUT2D eigenvalue weighted by Gasteiger charge is -2.36. The van der Waals surface area contributed by atoms with Crippen LogP contribution >= 0.6 is 0 Å². The molecule has 0 heterocycles. The molecule has 0 radical (unpaired) electrons. The van der Waals surface area contributed by atoms with Gasteiger partial charge in [-0.3, -0.25) is 19.2 Å². The summed E-state index contributed by atoms with van der Waals surface area (Å²) in [4.78, 5) is 52.1. The predicted molar refractivity (Wildman–Crippen MR) is 156 cm³/mol. The minimum atomic E-state index is -0.231. The summed E-state index contributed by atoms with van der Waals surface area (Å²) in [5.41, 5.74) is 2.62. The molecule has 2 aromatic rings. The first-order chi connectivity index (χ1) is 19.4. The second kappa shape index (κ2) is 11.9. The van der Waals surface area contributed by atoms with Gasteiger partial charge in [0, 0.05) is 46.7 Å². The van der Waals surface area contributed by atoms with Crippen molar-refractivity contribution in [2.24, 2.45) is 0 Å². The molecule has 0 bridgehead atoms. The fourth-order valence-electron chi connectivity index (χ4n) is 6.30. The molecule has 0 aliphatic heterocycles. The van der Waals surface area contributed by atoms with Gasteiger partial charge in [-0.2, -0.15) is 0 Å². The highest BCUT2D eigenvalue weighted by atomic mass is 16.2. The SMILES string of the molecule is C=CC(=O)NC1CCCCC1Nc1ccc(NC2CCCCC2NC(=O)C=C)c2c1C(=O)c1ccccc1C2=O. The van der Waals surface area contributed by atoms with Gasteiger partial charge in [-0.25, -0.2) is 0 Å². The third-order valence-electron chi connectivity index (χ3n) is 8.32. The van der Waals surface area contributed by atoms with E-state index in [9.17, 15) is 19.2 Å². The number of anilines is 2. The lowest BCUT2D eigenvalue weighted by molar-refractivity contribution is -0.118. The van der Waals surface area contributed by atoms with Gasteiger partial charge in [0.15, 0.2) is 11.6 Å². The van der Waals surface area contributed by atoms with Crippen LogP contribution in [0.2, 0.25) is 0 Å². The van der Waals surface area contributed by atoms with Crippen molar-refractivity contribution in [3.05, 3.63) is 84.0 Å². The van der Waals surface area contributed by atoms with Crippen molar-refractivity contribution < 1.29 is 19.2 Å². The molecular weight excluding hydrogens is 504 g/mol. The number of fused-ring (bicyclic) bond motifs is 2. The fraction of sp³-hybridized carbons (Fsp3) is 0.375. The van der Waals surface area contributed by atoms with Gasteiger partial charge in [-0.05, 0) is 50.0 Å².